The average Bonchev–Trinajstić information content (AvgIpc) is 2.97. The second kappa shape index (κ2) is 13.5. The van der Waals surface area contributed by atoms with Crippen molar-refractivity contribution in [2.45, 2.75) is 0 Å². The number of hydrogen-bond acceptors (Lipinski definition) is 6. The maximum absolute atomic E-state index is 12.8. The fraction of sp³-hybridized carbons (Fsp3) is 0.0323. The van der Waals surface area contributed by atoms with E-state index in [1.165, 1.54) is 31.5 Å². The number of nitrogens with zero attached hydrogens (tertiary/aromatic N) is 1. The molecule has 0 aliphatic carbocycles. The second-order valence-corrected chi connectivity index (χ2v) is 8.72. The highest BCUT2D eigenvalue weighted by molar-refractivity contribution is 6.31. The number of carbonyl (C=O) groups is 3. The minimum Gasteiger partial charge on any atom is -0.496 e. The number of methoxy groups -OCH3 is 1. The van der Waals surface area contributed by atoms with Gasteiger partial charge in [-0.3, -0.25) is 9.59 Å². The number of ether oxygens (including phenoxy) is 2. The van der Waals surface area contributed by atoms with E-state index in [1.54, 1.807) is 60.7 Å². The molecule has 2 amide bonds. The molecule has 4 aromatic rings. The van der Waals surface area contributed by atoms with Crippen LogP contribution >= 0.6 is 11.6 Å². The van der Waals surface area contributed by atoms with Gasteiger partial charge in [0.05, 0.1) is 18.9 Å². The molecule has 40 heavy (non-hydrogen) atoms. The van der Waals surface area contributed by atoms with Gasteiger partial charge >= 0.3 is 5.97 Å². The lowest BCUT2D eigenvalue weighted by molar-refractivity contribution is -0.128. The zero-order chi connectivity index (χ0) is 28.3. The molecule has 0 heterocycles. The van der Waals surface area contributed by atoms with Gasteiger partial charge in [0.1, 0.15) is 11.5 Å². The van der Waals surface area contributed by atoms with E-state index in [0.29, 0.717) is 22.0 Å². The van der Waals surface area contributed by atoms with Crippen LogP contribution in [-0.2, 0) is 4.79 Å². The molecule has 0 aliphatic rings. The molecule has 200 valence electrons. The number of anilines is 1. The van der Waals surface area contributed by atoms with Crippen molar-refractivity contribution >= 4 is 47.4 Å². The van der Waals surface area contributed by atoms with E-state index in [-0.39, 0.29) is 16.9 Å². The lowest BCUT2D eigenvalue weighted by Crippen LogP contribution is -2.18. The molecule has 0 radical (unpaired) electrons. The van der Waals surface area contributed by atoms with E-state index in [1.807, 2.05) is 30.3 Å². The van der Waals surface area contributed by atoms with Crippen molar-refractivity contribution in [3.8, 4) is 11.5 Å². The van der Waals surface area contributed by atoms with Crippen LogP contribution in [0.2, 0.25) is 5.02 Å². The fourth-order valence-corrected chi connectivity index (χ4v) is 3.74. The molecular formula is C31H24ClN3O5. The van der Waals surface area contributed by atoms with E-state index in [0.717, 1.165) is 5.56 Å². The van der Waals surface area contributed by atoms with Gasteiger partial charge in [-0.15, -0.1) is 0 Å². The third-order valence-corrected chi connectivity index (χ3v) is 5.73. The van der Waals surface area contributed by atoms with Crippen LogP contribution in [0.25, 0.3) is 6.08 Å². The molecule has 0 spiro atoms. The average molecular weight is 554 g/mol. The number of carbonyl (C=O) groups excluding carboxylic acids is 3. The van der Waals surface area contributed by atoms with Crippen LogP contribution in [0.5, 0.6) is 11.5 Å². The van der Waals surface area contributed by atoms with Crippen molar-refractivity contribution in [3.63, 3.8) is 0 Å². The summed E-state index contributed by atoms with van der Waals surface area (Å²) in [6.45, 7) is 0. The summed E-state index contributed by atoms with van der Waals surface area (Å²) in [5.74, 6) is -0.858. The Balaban J connectivity index is 1.38. The Morgan fingerprint density at radius 2 is 1.60 bits per heavy atom. The number of benzene rings is 4. The van der Waals surface area contributed by atoms with Gasteiger partial charge in [-0.05, 0) is 60.2 Å². The summed E-state index contributed by atoms with van der Waals surface area (Å²) in [4.78, 5) is 37.8. The van der Waals surface area contributed by atoms with Crippen LogP contribution < -0.4 is 20.2 Å². The molecule has 8 nitrogen and oxygen atoms in total. The first-order valence-corrected chi connectivity index (χ1v) is 12.4. The smallest absolute Gasteiger partial charge is 0.336 e. The summed E-state index contributed by atoms with van der Waals surface area (Å²) in [6.07, 6.45) is 4.36. The number of halogens is 1. The summed E-state index contributed by atoms with van der Waals surface area (Å²) >= 11 is 6.02. The molecule has 0 aromatic heterocycles. The molecule has 0 saturated carbocycles. The van der Waals surface area contributed by atoms with Gasteiger partial charge in [0, 0.05) is 27.9 Å². The maximum atomic E-state index is 12.8. The lowest BCUT2D eigenvalue weighted by Gasteiger charge is -2.10. The van der Waals surface area contributed by atoms with Crippen molar-refractivity contribution in [1.82, 2.24) is 5.43 Å². The van der Waals surface area contributed by atoms with Gasteiger partial charge in [-0.2, -0.15) is 5.10 Å². The van der Waals surface area contributed by atoms with Crippen LogP contribution in [0.15, 0.2) is 108 Å². The first kappa shape index (κ1) is 27.8. The largest absolute Gasteiger partial charge is 0.496 e. The summed E-state index contributed by atoms with van der Waals surface area (Å²) in [5, 5.41) is 7.12. The number of rotatable bonds is 9. The minimum atomic E-state index is -0.553. The fourth-order valence-electron chi connectivity index (χ4n) is 3.57. The van der Waals surface area contributed by atoms with E-state index < -0.39 is 17.8 Å². The van der Waals surface area contributed by atoms with Crippen molar-refractivity contribution in [1.29, 1.82) is 0 Å². The zero-order valence-electron chi connectivity index (χ0n) is 21.3. The monoisotopic (exact) mass is 553 g/mol. The number of hydrogen-bond donors (Lipinski definition) is 2. The molecule has 0 unspecified atom stereocenters. The summed E-state index contributed by atoms with van der Waals surface area (Å²) in [5.41, 5.74) is 4.70. The minimum absolute atomic E-state index is 0.254. The number of esters is 1. The second-order valence-electron chi connectivity index (χ2n) is 8.28. The van der Waals surface area contributed by atoms with Crippen LogP contribution in [0.3, 0.4) is 0 Å². The molecule has 0 bridgehead atoms. The van der Waals surface area contributed by atoms with Gasteiger partial charge < -0.3 is 14.8 Å². The molecule has 0 saturated heterocycles. The van der Waals surface area contributed by atoms with Gasteiger partial charge in [0.15, 0.2) is 0 Å². The Morgan fingerprint density at radius 1 is 0.825 bits per heavy atom. The lowest BCUT2D eigenvalue weighted by atomic mass is 10.1. The topological polar surface area (TPSA) is 106 Å². The van der Waals surface area contributed by atoms with Gasteiger partial charge in [0.2, 0.25) is 0 Å². The first-order chi connectivity index (χ1) is 19.4. The van der Waals surface area contributed by atoms with Gasteiger partial charge in [-0.25, -0.2) is 10.2 Å². The number of hydrazone groups is 1. The highest BCUT2D eigenvalue weighted by Gasteiger charge is 2.14. The van der Waals surface area contributed by atoms with Crippen LogP contribution in [-0.4, -0.2) is 31.1 Å². The molecule has 0 atom stereocenters. The van der Waals surface area contributed by atoms with Crippen molar-refractivity contribution in [2.75, 3.05) is 12.4 Å². The quantitative estimate of drug-likeness (QED) is 0.0871. The van der Waals surface area contributed by atoms with Gasteiger partial charge in [-0.1, -0.05) is 60.1 Å². The molecule has 2 N–H and O–H groups in total. The molecule has 0 aliphatic heterocycles. The first-order valence-electron chi connectivity index (χ1n) is 12.1. The molecule has 4 rings (SSSR count). The number of para-hydroxylation sites is 1. The zero-order valence-corrected chi connectivity index (χ0v) is 22.1. The summed E-state index contributed by atoms with van der Waals surface area (Å²) in [7, 11) is 1.46. The Morgan fingerprint density at radius 3 is 2.40 bits per heavy atom. The summed E-state index contributed by atoms with van der Waals surface area (Å²) in [6, 6.07) is 27.2. The maximum Gasteiger partial charge on any atom is 0.336 e. The SMILES string of the molecule is COc1ccc(Cl)cc1C(=O)Nc1cccc(C(=O)NN=Cc2ccccc2OC(=O)/C=C/c2ccccc2)c1. The van der Waals surface area contributed by atoms with Crippen molar-refractivity contribution in [2.24, 2.45) is 5.10 Å². The molecule has 4 aromatic carbocycles. The Labute approximate surface area is 235 Å². The molecule has 9 heteroatoms. The van der Waals surface area contributed by atoms with E-state index in [4.69, 9.17) is 21.1 Å². The Kier molecular flexibility index (Phi) is 9.42. The van der Waals surface area contributed by atoms with Gasteiger partial charge in [0.25, 0.3) is 11.8 Å². The highest BCUT2D eigenvalue weighted by Crippen LogP contribution is 2.24. The van der Waals surface area contributed by atoms with Crippen molar-refractivity contribution < 1.29 is 23.9 Å². The Hall–Kier alpha value is -5.21. The number of amides is 2. The standard InChI is InChI=1S/C31H24ClN3O5/c1-39-28-16-15-24(32)19-26(28)31(38)34-25-12-7-11-22(18-25)30(37)35-33-20-23-10-5-6-13-27(23)40-29(36)17-14-21-8-3-2-4-9-21/h2-20H,1H3,(H,34,38)(H,35,37)/b17-14+,33-20?. The van der Waals surface area contributed by atoms with Crippen LogP contribution in [0, 0.1) is 0 Å². The van der Waals surface area contributed by atoms with Crippen LogP contribution in [0.4, 0.5) is 5.69 Å². The third kappa shape index (κ3) is 7.66. The van der Waals surface area contributed by atoms with Crippen LogP contribution in [0.1, 0.15) is 31.8 Å². The van der Waals surface area contributed by atoms with E-state index >= 15 is 0 Å². The van der Waals surface area contributed by atoms with Crippen molar-refractivity contribution in [3.05, 3.63) is 130 Å². The number of nitrogens with one attached hydrogen (secondary N) is 2. The normalized spacial score (nSPS) is 10.8. The Bertz CT molecular complexity index is 1590. The van der Waals surface area contributed by atoms with E-state index in [2.05, 4.69) is 15.8 Å². The van der Waals surface area contributed by atoms with E-state index in [9.17, 15) is 14.4 Å². The highest BCUT2D eigenvalue weighted by atomic mass is 35.5. The predicted molar refractivity (Wildman–Crippen MR) is 155 cm³/mol. The third-order valence-electron chi connectivity index (χ3n) is 5.50. The molecule has 0 fully saturated rings. The predicted octanol–water partition coefficient (Wildman–Crippen LogP) is 5.98. The summed E-state index contributed by atoms with van der Waals surface area (Å²) < 4.78 is 10.7. The molecular weight excluding hydrogens is 530 g/mol.